The highest BCUT2D eigenvalue weighted by Gasteiger charge is 2.33. The van der Waals surface area contributed by atoms with E-state index in [2.05, 4.69) is 9.72 Å². The fraction of sp³-hybridized carbons (Fsp3) is 0.333. The van der Waals surface area contributed by atoms with Gasteiger partial charge in [-0.25, -0.2) is 9.78 Å². The molecule has 0 spiro atoms. The number of alkyl halides is 3. The number of benzene rings is 1. The van der Waals surface area contributed by atoms with Gasteiger partial charge >= 0.3 is 12.3 Å². The lowest BCUT2D eigenvalue weighted by molar-refractivity contribution is -0.274. The maximum atomic E-state index is 12.2. The van der Waals surface area contributed by atoms with Crippen LogP contribution in [0.5, 0.6) is 5.75 Å². The van der Waals surface area contributed by atoms with E-state index >= 15 is 0 Å². The third-order valence-corrected chi connectivity index (χ3v) is 3.55. The van der Waals surface area contributed by atoms with Gasteiger partial charge in [-0.15, -0.1) is 13.2 Å². The number of aromatic nitrogens is 2. The van der Waals surface area contributed by atoms with E-state index in [9.17, 15) is 23.1 Å². The first kappa shape index (κ1) is 15.4. The molecule has 0 amide bonds. The molecular formula is C15H13F3N2O3. The molecule has 8 heteroatoms. The van der Waals surface area contributed by atoms with Gasteiger partial charge in [-0.3, -0.25) is 0 Å². The number of carboxylic acids is 1. The largest absolute Gasteiger partial charge is 0.573 e. The lowest BCUT2D eigenvalue weighted by atomic mass is 10.2. The van der Waals surface area contributed by atoms with Crippen LogP contribution in [0, 0.1) is 6.92 Å². The van der Waals surface area contributed by atoms with E-state index in [0.29, 0.717) is 17.1 Å². The molecule has 0 atom stereocenters. The minimum Gasteiger partial charge on any atom is -0.477 e. The van der Waals surface area contributed by atoms with Crippen molar-refractivity contribution < 1.29 is 27.8 Å². The summed E-state index contributed by atoms with van der Waals surface area (Å²) in [6.07, 6.45) is -3.03. The highest BCUT2D eigenvalue weighted by atomic mass is 19.4. The molecule has 1 fully saturated rings. The zero-order valence-electron chi connectivity index (χ0n) is 12.1. The Balaban J connectivity index is 1.99. The maximum Gasteiger partial charge on any atom is 0.573 e. The van der Waals surface area contributed by atoms with Crippen LogP contribution in [0.1, 0.15) is 35.1 Å². The number of aryl methyl sites for hydroxylation is 1. The molecule has 122 valence electrons. The highest BCUT2D eigenvalue weighted by molar-refractivity contribution is 5.88. The zero-order chi connectivity index (χ0) is 16.8. The first-order valence-corrected chi connectivity index (χ1v) is 6.94. The molecule has 2 aromatic rings. The first-order chi connectivity index (χ1) is 10.8. The lowest BCUT2D eigenvalue weighted by Gasteiger charge is -2.11. The van der Waals surface area contributed by atoms with Crippen molar-refractivity contribution in [2.75, 3.05) is 0 Å². The molecule has 1 N–H and O–H groups in total. The van der Waals surface area contributed by atoms with Crippen LogP contribution >= 0.6 is 0 Å². The minimum absolute atomic E-state index is 0.0726. The van der Waals surface area contributed by atoms with Crippen LogP contribution in [0.3, 0.4) is 0 Å². The average Bonchev–Trinajstić information content (AvgIpc) is 3.21. The Labute approximate surface area is 129 Å². The van der Waals surface area contributed by atoms with Gasteiger partial charge in [0.05, 0.1) is 5.69 Å². The summed E-state index contributed by atoms with van der Waals surface area (Å²) in [5.41, 5.74) is 1.05. The molecule has 1 aliphatic carbocycles. The van der Waals surface area contributed by atoms with Gasteiger partial charge in [0.1, 0.15) is 11.6 Å². The molecule has 1 saturated carbocycles. The van der Waals surface area contributed by atoms with Crippen molar-refractivity contribution in [3.8, 4) is 17.1 Å². The summed E-state index contributed by atoms with van der Waals surface area (Å²) in [4.78, 5) is 15.7. The molecule has 0 bridgehead atoms. The second kappa shape index (κ2) is 5.29. The van der Waals surface area contributed by atoms with Gasteiger partial charge in [-0.1, -0.05) is 0 Å². The van der Waals surface area contributed by atoms with Crippen LogP contribution in [0.2, 0.25) is 0 Å². The van der Waals surface area contributed by atoms with Gasteiger partial charge in [0.25, 0.3) is 0 Å². The van der Waals surface area contributed by atoms with Gasteiger partial charge in [0.2, 0.25) is 0 Å². The van der Waals surface area contributed by atoms with Gasteiger partial charge in [-0.2, -0.15) is 0 Å². The van der Waals surface area contributed by atoms with Crippen molar-refractivity contribution in [1.29, 1.82) is 0 Å². The Morgan fingerprint density at radius 2 is 1.91 bits per heavy atom. The summed E-state index contributed by atoms with van der Waals surface area (Å²) in [5, 5.41) is 9.35. The normalized spacial score (nSPS) is 14.8. The van der Waals surface area contributed by atoms with Crippen molar-refractivity contribution in [3.05, 3.63) is 35.7 Å². The summed E-state index contributed by atoms with van der Waals surface area (Å²) in [7, 11) is 0. The monoisotopic (exact) mass is 326 g/mol. The Morgan fingerprint density at radius 1 is 1.30 bits per heavy atom. The van der Waals surface area contributed by atoms with Gasteiger partial charge in [0.15, 0.2) is 5.69 Å². The van der Waals surface area contributed by atoms with E-state index in [1.54, 1.807) is 11.5 Å². The second-order valence-corrected chi connectivity index (χ2v) is 5.35. The van der Waals surface area contributed by atoms with Gasteiger partial charge in [0, 0.05) is 11.6 Å². The van der Waals surface area contributed by atoms with E-state index in [4.69, 9.17) is 0 Å². The average molecular weight is 326 g/mol. The number of carboxylic acid groups (broad SMARTS) is 1. The number of nitrogens with zero attached hydrogens (tertiary/aromatic N) is 2. The molecular weight excluding hydrogens is 313 g/mol. The fourth-order valence-electron chi connectivity index (χ4n) is 2.50. The summed E-state index contributed by atoms with van der Waals surface area (Å²) < 4.78 is 42.0. The number of halogens is 3. The van der Waals surface area contributed by atoms with E-state index in [1.165, 1.54) is 24.3 Å². The van der Waals surface area contributed by atoms with Crippen molar-refractivity contribution in [1.82, 2.24) is 9.55 Å². The number of imidazole rings is 1. The Morgan fingerprint density at radius 3 is 2.39 bits per heavy atom. The molecule has 1 aliphatic rings. The summed E-state index contributed by atoms with van der Waals surface area (Å²) >= 11 is 0. The third kappa shape index (κ3) is 3.15. The van der Waals surface area contributed by atoms with Crippen LogP contribution in [-0.4, -0.2) is 27.0 Å². The maximum absolute atomic E-state index is 12.2. The topological polar surface area (TPSA) is 64.4 Å². The second-order valence-electron chi connectivity index (χ2n) is 5.35. The summed E-state index contributed by atoms with van der Waals surface area (Å²) in [5.74, 6) is -0.952. The molecule has 23 heavy (non-hydrogen) atoms. The van der Waals surface area contributed by atoms with Crippen LogP contribution in [-0.2, 0) is 0 Å². The van der Waals surface area contributed by atoms with Crippen LogP contribution in [0.15, 0.2) is 24.3 Å². The zero-order valence-corrected chi connectivity index (χ0v) is 12.1. The van der Waals surface area contributed by atoms with Gasteiger partial charge in [-0.05, 0) is 44.0 Å². The van der Waals surface area contributed by atoms with Crippen molar-refractivity contribution in [2.45, 2.75) is 32.2 Å². The number of rotatable bonds is 4. The molecule has 1 aromatic carbocycles. The number of carbonyl (C=O) groups is 1. The molecule has 5 nitrogen and oxygen atoms in total. The molecule has 3 rings (SSSR count). The third-order valence-electron chi connectivity index (χ3n) is 3.55. The van der Waals surface area contributed by atoms with E-state index in [0.717, 1.165) is 12.8 Å². The SMILES string of the molecule is Cc1nc(-c2ccc(OC(F)(F)F)cc2)n(C2CC2)c1C(=O)O. The standard InChI is InChI=1S/C15H13F3N2O3/c1-8-12(14(21)22)20(10-4-5-10)13(19-8)9-2-6-11(7-3-9)23-15(16,17)18/h2-3,6-7,10H,4-5H2,1H3,(H,21,22). The molecule has 1 aromatic heterocycles. The number of aromatic carboxylic acids is 1. The van der Waals surface area contributed by atoms with Crippen molar-refractivity contribution >= 4 is 5.97 Å². The number of ether oxygens (including phenoxy) is 1. The van der Waals surface area contributed by atoms with Crippen LogP contribution in [0.25, 0.3) is 11.4 Å². The van der Waals surface area contributed by atoms with Gasteiger partial charge < -0.3 is 14.4 Å². The smallest absolute Gasteiger partial charge is 0.477 e. The Kier molecular flexibility index (Phi) is 3.54. The summed E-state index contributed by atoms with van der Waals surface area (Å²) in [6.45, 7) is 1.60. The predicted octanol–water partition coefficient (Wildman–Crippen LogP) is 3.79. The molecule has 0 aliphatic heterocycles. The highest BCUT2D eigenvalue weighted by Crippen LogP contribution is 2.40. The number of hydrogen-bond donors (Lipinski definition) is 1. The molecule has 0 radical (unpaired) electrons. The molecule has 0 saturated heterocycles. The molecule has 0 unspecified atom stereocenters. The van der Waals surface area contributed by atoms with Crippen molar-refractivity contribution in [3.63, 3.8) is 0 Å². The first-order valence-electron chi connectivity index (χ1n) is 6.94. The Bertz CT molecular complexity index is 747. The molecule has 1 heterocycles. The quantitative estimate of drug-likeness (QED) is 0.928. The van der Waals surface area contributed by atoms with E-state index in [-0.39, 0.29) is 17.5 Å². The van der Waals surface area contributed by atoms with Crippen LogP contribution < -0.4 is 4.74 Å². The Hall–Kier alpha value is -2.51. The summed E-state index contributed by atoms with van der Waals surface area (Å²) in [6, 6.07) is 5.32. The van der Waals surface area contributed by atoms with Crippen LogP contribution in [0.4, 0.5) is 13.2 Å². The lowest BCUT2D eigenvalue weighted by Crippen LogP contribution is -2.17. The van der Waals surface area contributed by atoms with E-state index in [1.807, 2.05) is 0 Å². The minimum atomic E-state index is -4.75. The van der Waals surface area contributed by atoms with E-state index < -0.39 is 12.3 Å². The number of hydrogen-bond acceptors (Lipinski definition) is 3. The fourth-order valence-corrected chi connectivity index (χ4v) is 2.50. The van der Waals surface area contributed by atoms with Crippen molar-refractivity contribution in [2.24, 2.45) is 0 Å². The predicted molar refractivity (Wildman–Crippen MR) is 74.3 cm³/mol.